The molecule has 0 aliphatic carbocycles. The molecule has 0 aliphatic rings. The number of carbonyl (C=O) groups is 2. The maximum Gasteiger partial charge on any atom is 0.305 e. The van der Waals surface area contributed by atoms with Crippen molar-refractivity contribution >= 4 is 11.9 Å². The predicted molar refractivity (Wildman–Crippen MR) is 347 cm³/mol. The van der Waals surface area contributed by atoms with Crippen molar-refractivity contribution in [1.29, 1.82) is 0 Å². The van der Waals surface area contributed by atoms with Gasteiger partial charge in [-0.25, -0.2) is 0 Å². The number of esters is 1. The average Bonchev–Trinajstić information content (AvgIpc) is 3.45. The van der Waals surface area contributed by atoms with E-state index in [2.05, 4.69) is 19.2 Å². The number of amides is 1. The highest BCUT2D eigenvalue weighted by molar-refractivity contribution is 5.76. The van der Waals surface area contributed by atoms with Gasteiger partial charge in [0.05, 0.1) is 25.4 Å². The third-order valence-electron chi connectivity index (χ3n) is 17.3. The Morgan fingerprint density at radius 1 is 0.342 bits per heavy atom. The summed E-state index contributed by atoms with van der Waals surface area (Å²) in [5, 5.41) is 23.3. The van der Waals surface area contributed by atoms with Crippen LogP contribution in [0.25, 0.3) is 0 Å². The molecule has 0 aromatic carbocycles. The van der Waals surface area contributed by atoms with Crippen molar-refractivity contribution < 1.29 is 24.5 Å². The summed E-state index contributed by atoms with van der Waals surface area (Å²) in [5.74, 6) is -0.0453. The summed E-state index contributed by atoms with van der Waals surface area (Å²) >= 11 is 0. The molecular weight excluding hydrogens is 971 g/mol. The van der Waals surface area contributed by atoms with E-state index in [1.807, 2.05) is 6.08 Å². The van der Waals surface area contributed by atoms with Crippen molar-refractivity contribution in [2.24, 2.45) is 0 Å². The van der Waals surface area contributed by atoms with Crippen LogP contribution >= 0.6 is 0 Å². The van der Waals surface area contributed by atoms with Crippen LogP contribution in [0.3, 0.4) is 0 Å². The SMILES string of the molecule is CCCCCCCCCCCCCCCCCCCCCCCC/C=C/C(O)C(CO)NC(=O)CCCCCCCCCCCCCCCCCCCCCCCCOC(=O)CCCCCCCCCCCCCCCCCC. The summed E-state index contributed by atoms with van der Waals surface area (Å²) in [6.45, 7) is 4.96. The fraction of sp³-hybridized carbons (Fsp3) is 0.945. The minimum Gasteiger partial charge on any atom is -0.466 e. The van der Waals surface area contributed by atoms with Crippen LogP contribution in [0.4, 0.5) is 0 Å². The first-order valence-corrected chi connectivity index (χ1v) is 36.5. The lowest BCUT2D eigenvalue weighted by atomic mass is 10.0. The average molecular weight is 1110 g/mol. The van der Waals surface area contributed by atoms with E-state index in [9.17, 15) is 19.8 Å². The number of aliphatic hydroxyl groups is 2. The van der Waals surface area contributed by atoms with Crippen molar-refractivity contribution in [3.63, 3.8) is 0 Å². The van der Waals surface area contributed by atoms with E-state index >= 15 is 0 Å². The van der Waals surface area contributed by atoms with Crippen LogP contribution in [0.15, 0.2) is 12.2 Å². The van der Waals surface area contributed by atoms with Crippen LogP contribution in [0.1, 0.15) is 418 Å². The molecule has 0 saturated carbocycles. The fourth-order valence-electron chi connectivity index (χ4n) is 11.8. The lowest BCUT2D eigenvalue weighted by Crippen LogP contribution is -2.45. The molecule has 0 aromatic rings. The first-order chi connectivity index (χ1) is 39.0. The van der Waals surface area contributed by atoms with Gasteiger partial charge in [0.1, 0.15) is 0 Å². The van der Waals surface area contributed by atoms with E-state index in [-0.39, 0.29) is 18.5 Å². The van der Waals surface area contributed by atoms with Gasteiger partial charge in [-0.2, -0.15) is 0 Å². The standard InChI is InChI=1S/C73H143NO5/c1-3-5-7-9-11-13-15-17-19-21-22-23-24-25-28-31-34-37-41-45-49-53-57-61-65-71(76)70(69-75)74-72(77)66-62-58-54-50-46-42-38-35-32-29-26-27-30-33-36-40-44-48-52-56-60-64-68-79-73(78)67-63-59-55-51-47-43-39-20-18-16-14-12-10-8-6-4-2/h61,65,70-71,75-76H,3-60,62-64,66-69H2,1-2H3,(H,74,77)/b65-61+. The molecule has 0 aromatic heterocycles. The zero-order valence-corrected chi connectivity index (χ0v) is 53.9. The second kappa shape index (κ2) is 69.1. The molecule has 2 atom stereocenters. The van der Waals surface area contributed by atoms with Gasteiger partial charge >= 0.3 is 5.97 Å². The number of rotatable bonds is 69. The summed E-state index contributed by atoms with van der Waals surface area (Å²) in [6.07, 6.45) is 85.8. The van der Waals surface area contributed by atoms with Crippen LogP contribution in [-0.4, -0.2) is 47.4 Å². The topological polar surface area (TPSA) is 95.9 Å². The molecule has 0 heterocycles. The monoisotopic (exact) mass is 1110 g/mol. The highest BCUT2D eigenvalue weighted by atomic mass is 16.5. The second-order valence-electron chi connectivity index (χ2n) is 25.3. The number of ether oxygens (including phenoxy) is 1. The van der Waals surface area contributed by atoms with E-state index in [1.54, 1.807) is 6.08 Å². The summed E-state index contributed by atoms with van der Waals surface area (Å²) in [7, 11) is 0. The van der Waals surface area contributed by atoms with Gasteiger partial charge in [0.2, 0.25) is 5.91 Å². The number of carbonyl (C=O) groups excluding carboxylic acids is 2. The molecule has 0 radical (unpaired) electrons. The molecule has 6 heteroatoms. The molecule has 1 amide bonds. The molecule has 470 valence electrons. The van der Waals surface area contributed by atoms with Crippen molar-refractivity contribution in [3.8, 4) is 0 Å². The molecule has 0 aliphatic heterocycles. The normalized spacial score (nSPS) is 12.5. The summed E-state index contributed by atoms with van der Waals surface area (Å²) in [4.78, 5) is 24.6. The van der Waals surface area contributed by atoms with Crippen molar-refractivity contribution in [2.45, 2.75) is 431 Å². The fourth-order valence-corrected chi connectivity index (χ4v) is 11.8. The van der Waals surface area contributed by atoms with Gasteiger partial charge in [-0.3, -0.25) is 9.59 Å². The highest BCUT2D eigenvalue weighted by Crippen LogP contribution is 2.19. The van der Waals surface area contributed by atoms with Gasteiger partial charge in [-0.1, -0.05) is 386 Å². The Hall–Kier alpha value is -1.40. The van der Waals surface area contributed by atoms with E-state index in [0.717, 1.165) is 38.5 Å². The van der Waals surface area contributed by atoms with Crippen LogP contribution in [0, 0.1) is 0 Å². The minimum atomic E-state index is -0.845. The van der Waals surface area contributed by atoms with E-state index in [1.165, 1.54) is 353 Å². The molecule has 79 heavy (non-hydrogen) atoms. The van der Waals surface area contributed by atoms with E-state index in [0.29, 0.717) is 19.4 Å². The lowest BCUT2D eigenvalue weighted by Gasteiger charge is -2.20. The number of hydrogen-bond donors (Lipinski definition) is 3. The zero-order valence-electron chi connectivity index (χ0n) is 53.9. The van der Waals surface area contributed by atoms with E-state index in [4.69, 9.17) is 4.74 Å². The van der Waals surface area contributed by atoms with Crippen LogP contribution in [0.5, 0.6) is 0 Å². The van der Waals surface area contributed by atoms with Crippen molar-refractivity contribution in [3.05, 3.63) is 12.2 Å². The van der Waals surface area contributed by atoms with Crippen LogP contribution in [0.2, 0.25) is 0 Å². The van der Waals surface area contributed by atoms with Gasteiger partial charge in [0, 0.05) is 12.8 Å². The van der Waals surface area contributed by atoms with Crippen molar-refractivity contribution in [1.82, 2.24) is 5.32 Å². The molecule has 0 spiro atoms. The van der Waals surface area contributed by atoms with Crippen LogP contribution in [-0.2, 0) is 14.3 Å². The lowest BCUT2D eigenvalue weighted by molar-refractivity contribution is -0.143. The van der Waals surface area contributed by atoms with Gasteiger partial charge in [0.25, 0.3) is 0 Å². The Labute approximate surface area is 495 Å². The Morgan fingerprint density at radius 2 is 0.582 bits per heavy atom. The van der Waals surface area contributed by atoms with Gasteiger partial charge in [-0.05, 0) is 32.1 Å². The van der Waals surface area contributed by atoms with Gasteiger partial charge in [-0.15, -0.1) is 0 Å². The molecule has 6 nitrogen and oxygen atoms in total. The van der Waals surface area contributed by atoms with Crippen molar-refractivity contribution in [2.75, 3.05) is 13.2 Å². The zero-order chi connectivity index (χ0) is 57.1. The molecule has 0 rings (SSSR count). The Bertz CT molecular complexity index is 1190. The maximum absolute atomic E-state index is 12.5. The van der Waals surface area contributed by atoms with Gasteiger partial charge in [0.15, 0.2) is 0 Å². The maximum atomic E-state index is 12.5. The molecule has 3 N–H and O–H groups in total. The first-order valence-electron chi connectivity index (χ1n) is 36.5. The largest absolute Gasteiger partial charge is 0.466 e. The predicted octanol–water partition coefficient (Wildman–Crippen LogP) is 23.5. The summed E-state index contributed by atoms with van der Waals surface area (Å²) < 4.78 is 5.50. The van der Waals surface area contributed by atoms with E-state index < -0.39 is 12.1 Å². The number of hydrogen-bond acceptors (Lipinski definition) is 5. The minimum absolute atomic E-state index is 0.0175. The Kier molecular flexibility index (Phi) is 67.9. The molecule has 2 unspecified atom stereocenters. The molecule has 0 fully saturated rings. The summed E-state index contributed by atoms with van der Waals surface area (Å²) in [5.41, 5.74) is 0. The number of aliphatic hydroxyl groups excluding tert-OH is 2. The summed E-state index contributed by atoms with van der Waals surface area (Å²) in [6, 6.07) is -0.629. The first kappa shape index (κ1) is 77.6. The molecular formula is C73H143NO5. The van der Waals surface area contributed by atoms with Gasteiger partial charge < -0.3 is 20.3 Å². The Morgan fingerprint density at radius 3 is 0.861 bits per heavy atom. The second-order valence-corrected chi connectivity index (χ2v) is 25.3. The highest BCUT2D eigenvalue weighted by Gasteiger charge is 2.18. The number of allylic oxidation sites excluding steroid dienone is 1. The smallest absolute Gasteiger partial charge is 0.305 e. The molecule has 0 bridgehead atoms. The number of nitrogens with one attached hydrogen (secondary N) is 1. The Balaban J connectivity index is 3.39. The third-order valence-corrected chi connectivity index (χ3v) is 17.3. The quantitative estimate of drug-likeness (QED) is 0.0320. The van der Waals surface area contributed by atoms with Crippen LogP contribution < -0.4 is 5.32 Å². The number of unbranched alkanes of at least 4 members (excludes halogenated alkanes) is 58. The molecule has 0 saturated heterocycles. The third kappa shape index (κ3) is 65.6.